The van der Waals surface area contributed by atoms with Gasteiger partial charge in [0.25, 0.3) is 0 Å². The molecule has 1 aliphatic heterocycles. The molecule has 0 spiro atoms. The molecule has 1 heterocycles. The molecule has 1 saturated heterocycles. The van der Waals surface area contributed by atoms with Crippen molar-refractivity contribution < 1.29 is 14.3 Å². The molecule has 0 N–H and O–H groups in total. The van der Waals surface area contributed by atoms with E-state index < -0.39 is 0 Å². The van der Waals surface area contributed by atoms with Crippen molar-refractivity contribution in [3.63, 3.8) is 0 Å². The van der Waals surface area contributed by atoms with Gasteiger partial charge in [0.1, 0.15) is 6.54 Å². The molecule has 1 saturated carbocycles. The quantitative estimate of drug-likeness (QED) is 0.743. The van der Waals surface area contributed by atoms with Crippen LogP contribution in [-0.2, 0) is 14.3 Å². The van der Waals surface area contributed by atoms with Gasteiger partial charge in [-0.05, 0) is 31.4 Å². The Hall–Kier alpha value is -0.710. The SMILES string of the molecule is COC(=O)CN(C(=O)C1CCCCS1)C1CCCC1. The molecule has 2 rings (SSSR count). The summed E-state index contributed by atoms with van der Waals surface area (Å²) in [6.45, 7) is 0.122. The minimum Gasteiger partial charge on any atom is -0.468 e. The van der Waals surface area contributed by atoms with Gasteiger partial charge in [0, 0.05) is 6.04 Å². The van der Waals surface area contributed by atoms with Gasteiger partial charge in [-0.2, -0.15) is 0 Å². The first-order valence-electron chi connectivity index (χ1n) is 7.21. The zero-order valence-corrected chi connectivity index (χ0v) is 12.4. The van der Waals surface area contributed by atoms with Gasteiger partial charge in [-0.3, -0.25) is 9.59 Å². The number of thioether (sulfide) groups is 1. The topological polar surface area (TPSA) is 46.6 Å². The van der Waals surface area contributed by atoms with E-state index in [4.69, 9.17) is 4.74 Å². The Balaban J connectivity index is 2.01. The molecule has 0 aromatic rings. The number of carbonyl (C=O) groups excluding carboxylic acids is 2. The molecule has 0 radical (unpaired) electrons. The third-order valence-electron chi connectivity index (χ3n) is 4.03. The Morgan fingerprint density at radius 2 is 1.84 bits per heavy atom. The maximum Gasteiger partial charge on any atom is 0.325 e. The molecule has 2 aliphatic rings. The van der Waals surface area contributed by atoms with E-state index in [-0.39, 0.29) is 29.7 Å². The predicted octanol–water partition coefficient (Wildman–Crippen LogP) is 2.22. The van der Waals surface area contributed by atoms with Crippen LogP contribution in [0.2, 0.25) is 0 Å². The van der Waals surface area contributed by atoms with Crippen molar-refractivity contribution in [1.82, 2.24) is 4.90 Å². The van der Waals surface area contributed by atoms with Crippen molar-refractivity contribution >= 4 is 23.6 Å². The molecular formula is C14H23NO3S. The maximum absolute atomic E-state index is 12.6. The third kappa shape index (κ3) is 3.88. The van der Waals surface area contributed by atoms with Crippen molar-refractivity contribution in [3.8, 4) is 0 Å². The minimum absolute atomic E-state index is 0.0546. The number of esters is 1. The highest BCUT2D eigenvalue weighted by Gasteiger charge is 2.33. The van der Waals surface area contributed by atoms with Crippen LogP contribution in [0.25, 0.3) is 0 Å². The van der Waals surface area contributed by atoms with Gasteiger partial charge in [-0.1, -0.05) is 19.3 Å². The number of amides is 1. The van der Waals surface area contributed by atoms with E-state index in [1.54, 1.807) is 16.7 Å². The summed E-state index contributed by atoms with van der Waals surface area (Å²) in [6, 6.07) is 0.245. The largest absolute Gasteiger partial charge is 0.468 e. The van der Waals surface area contributed by atoms with E-state index in [9.17, 15) is 9.59 Å². The van der Waals surface area contributed by atoms with Crippen LogP contribution in [0.3, 0.4) is 0 Å². The van der Waals surface area contributed by atoms with Crippen LogP contribution in [0.5, 0.6) is 0 Å². The molecule has 1 unspecified atom stereocenters. The van der Waals surface area contributed by atoms with Gasteiger partial charge < -0.3 is 9.64 Å². The molecule has 0 aromatic carbocycles. The van der Waals surface area contributed by atoms with Gasteiger partial charge in [0.2, 0.25) is 5.91 Å². The van der Waals surface area contributed by atoms with Crippen molar-refractivity contribution in [2.75, 3.05) is 19.4 Å². The number of ether oxygens (including phenoxy) is 1. The van der Waals surface area contributed by atoms with Crippen LogP contribution in [0, 0.1) is 0 Å². The fraction of sp³-hybridized carbons (Fsp3) is 0.857. The van der Waals surface area contributed by atoms with Crippen molar-refractivity contribution in [2.45, 2.75) is 56.2 Å². The Morgan fingerprint density at radius 1 is 1.16 bits per heavy atom. The molecular weight excluding hydrogens is 262 g/mol. The van der Waals surface area contributed by atoms with E-state index in [1.165, 1.54) is 13.5 Å². The summed E-state index contributed by atoms with van der Waals surface area (Å²) in [5, 5.41) is 0.0546. The van der Waals surface area contributed by atoms with Crippen LogP contribution in [-0.4, -0.2) is 47.5 Å². The number of nitrogens with zero attached hydrogens (tertiary/aromatic N) is 1. The molecule has 19 heavy (non-hydrogen) atoms. The summed E-state index contributed by atoms with van der Waals surface area (Å²) in [4.78, 5) is 26.0. The van der Waals surface area contributed by atoms with Crippen LogP contribution < -0.4 is 0 Å². The Labute approximate surface area is 119 Å². The van der Waals surface area contributed by atoms with Gasteiger partial charge in [0.15, 0.2) is 0 Å². The summed E-state index contributed by atoms with van der Waals surface area (Å²) in [5.41, 5.74) is 0. The van der Waals surface area contributed by atoms with Crippen molar-refractivity contribution in [1.29, 1.82) is 0 Å². The monoisotopic (exact) mass is 285 g/mol. The Morgan fingerprint density at radius 3 is 2.42 bits per heavy atom. The zero-order chi connectivity index (χ0) is 13.7. The lowest BCUT2D eigenvalue weighted by Gasteiger charge is -2.32. The summed E-state index contributed by atoms with van der Waals surface area (Å²) >= 11 is 1.75. The highest BCUT2D eigenvalue weighted by Crippen LogP contribution is 2.30. The first-order chi connectivity index (χ1) is 9.22. The molecule has 4 nitrogen and oxygen atoms in total. The number of methoxy groups -OCH3 is 1. The van der Waals surface area contributed by atoms with Crippen molar-refractivity contribution in [3.05, 3.63) is 0 Å². The van der Waals surface area contributed by atoms with Gasteiger partial charge in [-0.15, -0.1) is 11.8 Å². The first kappa shape index (κ1) is 14.7. The molecule has 1 aliphatic carbocycles. The second-order valence-electron chi connectivity index (χ2n) is 5.34. The standard InChI is InChI=1S/C14H23NO3S/c1-18-13(16)10-15(11-6-2-3-7-11)14(17)12-8-4-5-9-19-12/h11-12H,2-10H2,1H3. The number of hydrogen-bond acceptors (Lipinski definition) is 4. The Bertz CT molecular complexity index is 323. The van der Waals surface area contributed by atoms with Crippen LogP contribution in [0.15, 0.2) is 0 Å². The minimum atomic E-state index is -0.305. The van der Waals surface area contributed by atoms with Crippen LogP contribution in [0.1, 0.15) is 44.9 Å². The van der Waals surface area contributed by atoms with E-state index in [1.807, 2.05) is 0 Å². The summed E-state index contributed by atoms with van der Waals surface area (Å²) in [7, 11) is 1.38. The normalized spacial score (nSPS) is 24.2. The molecule has 1 amide bonds. The van der Waals surface area contributed by atoms with Crippen LogP contribution >= 0.6 is 11.8 Å². The molecule has 5 heteroatoms. The number of carbonyl (C=O) groups is 2. The average Bonchev–Trinajstić information content (AvgIpc) is 2.98. The third-order valence-corrected chi connectivity index (χ3v) is 5.39. The fourth-order valence-electron chi connectivity index (χ4n) is 2.93. The lowest BCUT2D eigenvalue weighted by Crippen LogP contribution is -2.47. The van der Waals surface area contributed by atoms with Gasteiger partial charge in [-0.25, -0.2) is 0 Å². The second-order valence-corrected chi connectivity index (χ2v) is 6.65. The molecule has 2 fully saturated rings. The summed E-state index contributed by atoms with van der Waals surface area (Å²) < 4.78 is 4.74. The lowest BCUT2D eigenvalue weighted by atomic mass is 10.1. The first-order valence-corrected chi connectivity index (χ1v) is 8.26. The number of hydrogen-bond donors (Lipinski definition) is 0. The molecule has 1 atom stereocenters. The van der Waals surface area contributed by atoms with E-state index >= 15 is 0 Å². The van der Waals surface area contributed by atoms with E-state index in [0.717, 1.165) is 44.3 Å². The summed E-state index contributed by atoms with van der Waals surface area (Å²) in [6.07, 6.45) is 7.66. The average molecular weight is 285 g/mol. The molecule has 0 bridgehead atoms. The van der Waals surface area contributed by atoms with Gasteiger partial charge in [0.05, 0.1) is 12.4 Å². The van der Waals surface area contributed by atoms with E-state index in [2.05, 4.69) is 0 Å². The lowest BCUT2D eigenvalue weighted by molar-refractivity contribution is -0.148. The smallest absolute Gasteiger partial charge is 0.325 e. The summed E-state index contributed by atoms with van der Waals surface area (Å²) in [5.74, 6) is 0.913. The van der Waals surface area contributed by atoms with Gasteiger partial charge >= 0.3 is 5.97 Å². The highest BCUT2D eigenvalue weighted by molar-refractivity contribution is 8.00. The zero-order valence-electron chi connectivity index (χ0n) is 11.6. The van der Waals surface area contributed by atoms with Crippen LogP contribution in [0.4, 0.5) is 0 Å². The highest BCUT2D eigenvalue weighted by atomic mass is 32.2. The fourth-order valence-corrected chi connectivity index (χ4v) is 4.19. The molecule has 108 valence electrons. The molecule has 0 aromatic heterocycles. The second kappa shape index (κ2) is 7.17. The predicted molar refractivity (Wildman–Crippen MR) is 76.1 cm³/mol. The van der Waals surface area contributed by atoms with E-state index in [0.29, 0.717) is 0 Å². The maximum atomic E-state index is 12.6. The van der Waals surface area contributed by atoms with Crippen molar-refractivity contribution in [2.24, 2.45) is 0 Å². The Kier molecular flexibility index (Phi) is 5.55. The number of rotatable bonds is 4.